The average Bonchev–Trinajstić information content (AvgIpc) is 3.25. The van der Waals surface area contributed by atoms with Crippen molar-refractivity contribution in [1.82, 2.24) is 14.8 Å². The summed E-state index contributed by atoms with van der Waals surface area (Å²) < 4.78 is 13.2. The molecule has 0 saturated carbocycles. The van der Waals surface area contributed by atoms with Crippen LogP contribution < -0.4 is 14.8 Å². The van der Waals surface area contributed by atoms with Crippen LogP contribution in [0.1, 0.15) is 11.4 Å². The van der Waals surface area contributed by atoms with Gasteiger partial charge in [-0.25, -0.2) is 0 Å². The molecule has 0 aliphatic carbocycles. The molecule has 3 aromatic carbocycles. The molecular formula is C25H24N4O3S. The van der Waals surface area contributed by atoms with Crippen molar-refractivity contribution in [2.24, 2.45) is 0 Å². The Labute approximate surface area is 196 Å². The van der Waals surface area contributed by atoms with Crippen molar-refractivity contribution < 1.29 is 14.3 Å². The number of amides is 1. The number of thioether (sulfide) groups is 1. The van der Waals surface area contributed by atoms with E-state index < -0.39 is 0 Å². The molecule has 0 aliphatic rings. The minimum Gasteiger partial charge on any atom is -0.495 e. The van der Waals surface area contributed by atoms with Gasteiger partial charge in [-0.15, -0.1) is 10.2 Å². The van der Waals surface area contributed by atoms with Crippen LogP contribution in [0.2, 0.25) is 0 Å². The van der Waals surface area contributed by atoms with Crippen LogP contribution in [0.3, 0.4) is 0 Å². The number of para-hydroxylation sites is 3. The maximum absolute atomic E-state index is 12.6. The van der Waals surface area contributed by atoms with Crippen LogP contribution in [0.15, 0.2) is 84.0 Å². The Kier molecular flexibility index (Phi) is 7.26. The lowest BCUT2D eigenvalue weighted by Gasteiger charge is -2.12. The Balaban J connectivity index is 1.50. The van der Waals surface area contributed by atoms with E-state index >= 15 is 0 Å². The zero-order valence-electron chi connectivity index (χ0n) is 18.4. The average molecular weight is 461 g/mol. The second-order valence-corrected chi connectivity index (χ2v) is 8.15. The highest BCUT2D eigenvalue weighted by molar-refractivity contribution is 7.99. The highest BCUT2D eigenvalue weighted by Crippen LogP contribution is 2.26. The number of nitrogens with one attached hydrogen (secondary N) is 1. The molecular weight excluding hydrogens is 436 g/mol. The summed E-state index contributed by atoms with van der Waals surface area (Å²) in [5.74, 6) is 2.03. The highest BCUT2D eigenvalue weighted by atomic mass is 32.2. The molecule has 1 aromatic heterocycles. The first-order valence-electron chi connectivity index (χ1n) is 10.4. The van der Waals surface area contributed by atoms with E-state index in [1.54, 1.807) is 19.2 Å². The van der Waals surface area contributed by atoms with Gasteiger partial charge in [0.05, 0.1) is 18.6 Å². The lowest BCUT2D eigenvalue weighted by molar-refractivity contribution is -0.113. The Morgan fingerprint density at radius 1 is 1.00 bits per heavy atom. The van der Waals surface area contributed by atoms with Crippen LogP contribution in [-0.2, 0) is 11.4 Å². The third-order valence-electron chi connectivity index (χ3n) is 4.79. The van der Waals surface area contributed by atoms with Gasteiger partial charge in [-0.1, -0.05) is 54.2 Å². The van der Waals surface area contributed by atoms with Crippen LogP contribution in [0.25, 0.3) is 5.69 Å². The minimum atomic E-state index is -0.162. The number of hydrogen-bond donors (Lipinski definition) is 1. The number of benzene rings is 3. The Bertz CT molecular complexity index is 1230. The fourth-order valence-electron chi connectivity index (χ4n) is 3.24. The molecule has 4 rings (SSSR count). The van der Waals surface area contributed by atoms with E-state index in [4.69, 9.17) is 9.47 Å². The molecule has 0 atom stereocenters. The molecule has 0 bridgehead atoms. The van der Waals surface area contributed by atoms with Crippen LogP contribution in [0.4, 0.5) is 5.69 Å². The highest BCUT2D eigenvalue weighted by Gasteiger charge is 2.17. The number of hydrogen-bond acceptors (Lipinski definition) is 6. The number of anilines is 1. The topological polar surface area (TPSA) is 78.3 Å². The molecule has 0 unspecified atom stereocenters. The van der Waals surface area contributed by atoms with Crippen LogP contribution in [-0.4, -0.2) is 33.5 Å². The van der Waals surface area contributed by atoms with E-state index in [1.807, 2.05) is 78.2 Å². The first-order chi connectivity index (χ1) is 16.1. The SMILES string of the molecule is COc1ccccc1NC(=O)CSc1nnc(COc2cccc(C)c2)n1-c1ccccc1. The second-order valence-electron chi connectivity index (χ2n) is 7.21. The number of ether oxygens (including phenoxy) is 2. The summed E-state index contributed by atoms with van der Waals surface area (Å²) in [6, 6.07) is 24.9. The van der Waals surface area contributed by atoms with Crippen LogP contribution in [0, 0.1) is 6.92 Å². The van der Waals surface area contributed by atoms with E-state index in [1.165, 1.54) is 11.8 Å². The first kappa shape index (κ1) is 22.4. The number of rotatable bonds is 9. The maximum Gasteiger partial charge on any atom is 0.234 e. The van der Waals surface area contributed by atoms with Gasteiger partial charge in [-0.05, 0) is 48.9 Å². The van der Waals surface area contributed by atoms with Gasteiger partial charge < -0.3 is 14.8 Å². The number of aromatic nitrogens is 3. The van der Waals surface area contributed by atoms with Gasteiger partial charge in [0, 0.05) is 5.69 Å². The molecule has 0 fully saturated rings. The normalized spacial score (nSPS) is 10.6. The van der Waals surface area contributed by atoms with Gasteiger partial charge >= 0.3 is 0 Å². The number of carbonyl (C=O) groups excluding carboxylic acids is 1. The quantitative estimate of drug-likeness (QED) is 0.358. The summed E-state index contributed by atoms with van der Waals surface area (Å²) in [7, 11) is 1.57. The van der Waals surface area contributed by atoms with E-state index in [-0.39, 0.29) is 18.3 Å². The molecule has 7 nitrogen and oxygen atoms in total. The summed E-state index contributed by atoms with van der Waals surface area (Å²) in [4.78, 5) is 12.6. The summed E-state index contributed by atoms with van der Waals surface area (Å²) in [6.45, 7) is 2.27. The third-order valence-corrected chi connectivity index (χ3v) is 5.71. The summed E-state index contributed by atoms with van der Waals surface area (Å²) in [5, 5.41) is 12.2. The van der Waals surface area contributed by atoms with Crippen molar-refractivity contribution >= 4 is 23.4 Å². The predicted molar refractivity (Wildman–Crippen MR) is 129 cm³/mol. The molecule has 168 valence electrons. The number of aryl methyl sites for hydroxylation is 1. The number of carbonyl (C=O) groups is 1. The molecule has 0 aliphatic heterocycles. The Morgan fingerprint density at radius 3 is 2.58 bits per heavy atom. The van der Waals surface area contributed by atoms with Gasteiger partial charge in [-0.3, -0.25) is 9.36 Å². The molecule has 0 saturated heterocycles. The monoisotopic (exact) mass is 460 g/mol. The summed E-state index contributed by atoms with van der Waals surface area (Å²) >= 11 is 1.31. The van der Waals surface area contributed by atoms with Crippen molar-refractivity contribution in [1.29, 1.82) is 0 Å². The number of nitrogens with zero attached hydrogens (tertiary/aromatic N) is 3. The lowest BCUT2D eigenvalue weighted by Crippen LogP contribution is -2.15. The number of methoxy groups -OCH3 is 1. The Hall–Kier alpha value is -3.78. The molecule has 1 amide bonds. The summed E-state index contributed by atoms with van der Waals surface area (Å²) in [6.07, 6.45) is 0. The molecule has 0 radical (unpaired) electrons. The molecule has 8 heteroatoms. The molecule has 1 N–H and O–H groups in total. The van der Waals surface area contributed by atoms with Gasteiger partial charge in [0.25, 0.3) is 0 Å². The van der Waals surface area contributed by atoms with E-state index in [0.29, 0.717) is 22.4 Å². The summed E-state index contributed by atoms with van der Waals surface area (Å²) in [5.41, 5.74) is 2.65. The third kappa shape index (κ3) is 5.72. The van der Waals surface area contributed by atoms with E-state index in [2.05, 4.69) is 15.5 Å². The van der Waals surface area contributed by atoms with Crippen molar-refractivity contribution in [3.05, 3.63) is 90.3 Å². The fourth-order valence-corrected chi connectivity index (χ4v) is 4.01. The van der Waals surface area contributed by atoms with Gasteiger partial charge in [0.2, 0.25) is 5.91 Å². The van der Waals surface area contributed by atoms with Crippen molar-refractivity contribution in [2.45, 2.75) is 18.7 Å². The minimum absolute atomic E-state index is 0.162. The zero-order chi connectivity index (χ0) is 23.0. The van der Waals surface area contributed by atoms with Gasteiger partial charge in [0.1, 0.15) is 18.1 Å². The maximum atomic E-state index is 12.6. The fraction of sp³-hybridized carbons (Fsp3) is 0.160. The predicted octanol–water partition coefficient (Wildman–Crippen LogP) is 4.89. The lowest BCUT2D eigenvalue weighted by atomic mass is 10.2. The largest absolute Gasteiger partial charge is 0.495 e. The molecule has 33 heavy (non-hydrogen) atoms. The first-order valence-corrected chi connectivity index (χ1v) is 11.4. The standard InChI is InChI=1S/C25H24N4O3S/c1-18-9-8-12-20(15-18)32-16-23-27-28-25(29(23)19-10-4-3-5-11-19)33-17-24(30)26-21-13-6-7-14-22(21)31-2/h3-15H,16-17H2,1-2H3,(H,26,30). The van der Waals surface area contributed by atoms with Crippen molar-refractivity contribution in [2.75, 3.05) is 18.2 Å². The second kappa shape index (κ2) is 10.7. The molecule has 1 heterocycles. The van der Waals surface area contributed by atoms with Crippen LogP contribution in [0.5, 0.6) is 11.5 Å². The van der Waals surface area contributed by atoms with Gasteiger partial charge in [-0.2, -0.15) is 0 Å². The van der Waals surface area contributed by atoms with Crippen molar-refractivity contribution in [3.63, 3.8) is 0 Å². The molecule has 4 aromatic rings. The molecule has 0 spiro atoms. The van der Waals surface area contributed by atoms with Gasteiger partial charge in [0.15, 0.2) is 11.0 Å². The van der Waals surface area contributed by atoms with E-state index in [9.17, 15) is 4.79 Å². The smallest absolute Gasteiger partial charge is 0.234 e. The van der Waals surface area contributed by atoms with E-state index in [0.717, 1.165) is 17.0 Å². The van der Waals surface area contributed by atoms with Crippen LogP contribution >= 0.6 is 11.8 Å². The van der Waals surface area contributed by atoms with Crippen molar-refractivity contribution in [3.8, 4) is 17.2 Å². The Morgan fingerprint density at radius 2 is 1.79 bits per heavy atom. The zero-order valence-corrected chi connectivity index (χ0v) is 19.2.